The number of hydrogen-bond donors (Lipinski definition) is 1. The van der Waals surface area contributed by atoms with E-state index in [9.17, 15) is 5.11 Å². The molecule has 2 bridgehead atoms. The van der Waals surface area contributed by atoms with Gasteiger partial charge in [0, 0.05) is 0 Å². The van der Waals surface area contributed by atoms with Crippen molar-refractivity contribution in [1.82, 2.24) is 0 Å². The normalized spacial score (nSPS) is 47.1. The van der Waals surface area contributed by atoms with E-state index in [1.807, 2.05) is 0 Å². The summed E-state index contributed by atoms with van der Waals surface area (Å²) in [6, 6.07) is 8.77. The smallest absolute Gasteiger partial charge is 0.0608 e. The first kappa shape index (κ1) is 7.47. The van der Waals surface area contributed by atoms with Gasteiger partial charge in [0.15, 0.2) is 0 Å². The van der Waals surface area contributed by atoms with Crippen LogP contribution >= 0.6 is 0 Å². The monoisotopic (exact) mass is 186 g/mol. The van der Waals surface area contributed by atoms with Gasteiger partial charge in [0.05, 0.1) is 6.10 Å². The zero-order valence-corrected chi connectivity index (χ0v) is 8.06. The van der Waals surface area contributed by atoms with E-state index in [4.69, 9.17) is 0 Å². The molecule has 72 valence electrons. The van der Waals surface area contributed by atoms with Crippen LogP contribution in [-0.2, 0) is 0 Å². The molecule has 5 atom stereocenters. The second-order valence-corrected chi connectivity index (χ2v) is 5.08. The summed E-state index contributed by atoms with van der Waals surface area (Å²) in [7, 11) is 0. The summed E-state index contributed by atoms with van der Waals surface area (Å²) in [4.78, 5) is 0. The van der Waals surface area contributed by atoms with Crippen LogP contribution in [0.25, 0.3) is 0 Å². The van der Waals surface area contributed by atoms with Gasteiger partial charge in [-0.05, 0) is 47.6 Å². The maximum atomic E-state index is 10.1. The average Bonchev–Trinajstić information content (AvgIpc) is 2.65. The van der Waals surface area contributed by atoms with Gasteiger partial charge in [0.1, 0.15) is 0 Å². The summed E-state index contributed by atoms with van der Waals surface area (Å²) in [5.74, 6) is 2.58. The fraction of sp³-hybridized carbons (Fsp3) is 0.538. The molecule has 0 saturated heterocycles. The Morgan fingerprint density at radius 1 is 0.929 bits per heavy atom. The van der Waals surface area contributed by atoms with E-state index in [-0.39, 0.29) is 6.10 Å². The molecule has 1 aromatic rings. The van der Waals surface area contributed by atoms with E-state index in [0.29, 0.717) is 23.7 Å². The SMILES string of the molecule is OC1[C@H]2CC[C@@H]1[C@H]1c3ccccc3[C@H]12. The minimum absolute atomic E-state index is 0.00241. The summed E-state index contributed by atoms with van der Waals surface area (Å²) in [6.45, 7) is 0. The zero-order chi connectivity index (χ0) is 9.28. The third kappa shape index (κ3) is 0.621. The van der Waals surface area contributed by atoms with Crippen LogP contribution in [-0.4, -0.2) is 11.2 Å². The first-order chi connectivity index (χ1) is 6.88. The Kier molecular flexibility index (Phi) is 1.18. The molecule has 1 heteroatoms. The zero-order valence-electron chi connectivity index (χ0n) is 8.06. The maximum Gasteiger partial charge on any atom is 0.0608 e. The predicted octanol–water partition coefficient (Wildman–Crippen LogP) is 2.27. The maximum absolute atomic E-state index is 10.1. The topological polar surface area (TPSA) is 20.2 Å². The summed E-state index contributed by atoms with van der Waals surface area (Å²) >= 11 is 0. The molecule has 2 fully saturated rings. The number of rotatable bonds is 0. The Bertz CT molecular complexity index is 361. The van der Waals surface area contributed by atoms with Crippen LogP contribution < -0.4 is 0 Å². The molecule has 2 saturated carbocycles. The molecule has 1 nitrogen and oxygen atoms in total. The van der Waals surface area contributed by atoms with Crippen molar-refractivity contribution in [1.29, 1.82) is 0 Å². The van der Waals surface area contributed by atoms with Crippen molar-refractivity contribution in [3.05, 3.63) is 35.4 Å². The van der Waals surface area contributed by atoms with E-state index >= 15 is 0 Å². The molecule has 0 radical (unpaired) electrons. The van der Waals surface area contributed by atoms with Gasteiger partial charge in [0.25, 0.3) is 0 Å². The van der Waals surface area contributed by atoms with Crippen LogP contribution in [0.15, 0.2) is 24.3 Å². The van der Waals surface area contributed by atoms with Crippen molar-refractivity contribution in [2.45, 2.75) is 30.8 Å². The van der Waals surface area contributed by atoms with E-state index in [2.05, 4.69) is 24.3 Å². The minimum atomic E-state index is -0.00241. The molecule has 1 unspecified atom stereocenters. The van der Waals surface area contributed by atoms with Crippen molar-refractivity contribution in [3.8, 4) is 0 Å². The van der Waals surface area contributed by atoms with Crippen molar-refractivity contribution >= 4 is 0 Å². The molecular formula is C13H14O. The van der Waals surface area contributed by atoms with Gasteiger partial charge in [0.2, 0.25) is 0 Å². The minimum Gasteiger partial charge on any atom is -0.393 e. The molecule has 0 spiro atoms. The van der Waals surface area contributed by atoms with Crippen molar-refractivity contribution in [2.24, 2.45) is 11.8 Å². The first-order valence-corrected chi connectivity index (χ1v) is 5.65. The molecule has 3 aliphatic carbocycles. The molecular weight excluding hydrogens is 172 g/mol. The van der Waals surface area contributed by atoms with Crippen LogP contribution in [0.5, 0.6) is 0 Å². The van der Waals surface area contributed by atoms with E-state index in [1.165, 1.54) is 24.0 Å². The third-order valence-electron chi connectivity index (χ3n) is 4.73. The lowest BCUT2D eigenvalue weighted by atomic mass is 9.61. The summed E-state index contributed by atoms with van der Waals surface area (Å²) < 4.78 is 0. The fourth-order valence-corrected chi connectivity index (χ4v) is 4.23. The quantitative estimate of drug-likeness (QED) is 0.659. The molecule has 0 aromatic heterocycles. The van der Waals surface area contributed by atoms with Crippen LogP contribution in [0.2, 0.25) is 0 Å². The Hall–Kier alpha value is -0.820. The number of aliphatic hydroxyl groups is 1. The van der Waals surface area contributed by atoms with Gasteiger partial charge < -0.3 is 5.11 Å². The highest BCUT2D eigenvalue weighted by molar-refractivity contribution is 5.49. The molecule has 1 N–H and O–H groups in total. The Morgan fingerprint density at radius 3 is 1.93 bits per heavy atom. The van der Waals surface area contributed by atoms with Crippen molar-refractivity contribution in [3.63, 3.8) is 0 Å². The molecule has 1 aromatic carbocycles. The van der Waals surface area contributed by atoms with Gasteiger partial charge in [-0.2, -0.15) is 0 Å². The molecule has 3 aliphatic rings. The van der Waals surface area contributed by atoms with Crippen molar-refractivity contribution < 1.29 is 5.11 Å². The molecule has 0 aliphatic heterocycles. The van der Waals surface area contributed by atoms with E-state index < -0.39 is 0 Å². The van der Waals surface area contributed by atoms with Gasteiger partial charge >= 0.3 is 0 Å². The summed E-state index contributed by atoms with van der Waals surface area (Å²) in [5, 5.41) is 10.1. The fourth-order valence-electron chi connectivity index (χ4n) is 4.23. The third-order valence-corrected chi connectivity index (χ3v) is 4.73. The highest BCUT2D eigenvalue weighted by Gasteiger charge is 2.60. The van der Waals surface area contributed by atoms with Crippen LogP contribution in [0.1, 0.15) is 35.8 Å². The number of aliphatic hydroxyl groups excluding tert-OH is 1. The number of fused-ring (bicyclic) bond motifs is 8. The molecule has 4 rings (SSSR count). The van der Waals surface area contributed by atoms with E-state index in [1.54, 1.807) is 0 Å². The molecule has 0 heterocycles. The Labute approximate surface area is 83.8 Å². The summed E-state index contributed by atoms with van der Waals surface area (Å²) in [5.41, 5.74) is 3.06. The predicted molar refractivity (Wildman–Crippen MR) is 54.1 cm³/mol. The second-order valence-electron chi connectivity index (χ2n) is 5.08. The van der Waals surface area contributed by atoms with Crippen LogP contribution in [0.3, 0.4) is 0 Å². The average molecular weight is 186 g/mol. The van der Waals surface area contributed by atoms with Crippen LogP contribution in [0, 0.1) is 11.8 Å². The van der Waals surface area contributed by atoms with Gasteiger partial charge in [-0.25, -0.2) is 0 Å². The summed E-state index contributed by atoms with van der Waals surface area (Å²) in [6.07, 6.45) is 2.50. The lowest BCUT2D eigenvalue weighted by Crippen LogP contribution is -2.29. The lowest BCUT2D eigenvalue weighted by molar-refractivity contribution is 0.125. The van der Waals surface area contributed by atoms with E-state index in [0.717, 1.165) is 0 Å². The standard InChI is InChI=1S/C13H14O/c14-13-9-5-6-10(13)12-8-4-2-1-3-7(8)11(9)12/h1-4,9-14H,5-6H2/t9-,10+,11-,12+,13?. The van der Waals surface area contributed by atoms with Crippen molar-refractivity contribution in [2.75, 3.05) is 0 Å². The largest absolute Gasteiger partial charge is 0.393 e. The number of benzene rings is 1. The highest BCUT2D eigenvalue weighted by atomic mass is 16.3. The number of hydrogen-bond acceptors (Lipinski definition) is 1. The first-order valence-electron chi connectivity index (χ1n) is 5.65. The van der Waals surface area contributed by atoms with Gasteiger partial charge in [-0.1, -0.05) is 24.3 Å². The molecule has 0 amide bonds. The van der Waals surface area contributed by atoms with Crippen LogP contribution in [0.4, 0.5) is 0 Å². The lowest BCUT2D eigenvalue weighted by Gasteiger charge is -2.42. The highest BCUT2D eigenvalue weighted by Crippen LogP contribution is 2.67. The second kappa shape index (κ2) is 2.22. The molecule has 14 heavy (non-hydrogen) atoms. The van der Waals surface area contributed by atoms with Gasteiger partial charge in [-0.3, -0.25) is 0 Å². The van der Waals surface area contributed by atoms with Gasteiger partial charge in [-0.15, -0.1) is 0 Å². The Morgan fingerprint density at radius 2 is 1.43 bits per heavy atom. The Balaban J connectivity index is 1.88.